The number of aromatic nitrogens is 2. The normalized spacial score (nSPS) is 11.1. The van der Waals surface area contributed by atoms with Crippen molar-refractivity contribution in [3.05, 3.63) is 34.1 Å². The zero-order chi connectivity index (χ0) is 13.9. The second-order valence-corrected chi connectivity index (χ2v) is 6.06. The molecule has 104 valence electrons. The number of rotatable bonds is 5. The van der Waals surface area contributed by atoms with E-state index >= 15 is 0 Å². The van der Waals surface area contributed by atoms with Crippen molar-refractivity contribution in [2.75, 3.05) is 7.11 Å². The summed E-state index contributed by atoms with van der Waals surface area (Å²) >= 11 is 3.31. The Morgan fingerprint density at radius 1 is 1.45 bits per heavy atom. The summed E-state index contributed by atoms with van der Waals surface area (Å²) in [5, 5.41) is 6.26. The maximum Gasteiger partial charge on any atom is 0.305 e. The highest BCUT2D eigenvalue weighted by molar-refractivity contribution is 7.15. The van der Waals surface area contributed by atoms with E-state index in [9.17, 15) is 4.79 Å². The summed E-state index contributed by atoms with van der Waals surface area (Å²) in [6.45, 7) is 0. The Balaban J connectivity index is 1.77. The number of esters is 1. The summed E-state index contributed by atoms with van der Waals surface area (Å²) in [7, 11) is 1.42. The van der Waals surface area contributed by atoms with Crippen molar-refractivity contribution in [2.24, 2.45) is 0 Å². The second kappa shape index (κ2) is 5.76. The molecule has 3 aromatic heterocycles. The lowest BCUT2D eigenvalue weighted by atomic mass is 10.2. The van der Waals surface area contributed by atoms with Crippen LogP contribution in [0.5, 0.6) is 0 Å². The lowest BCUT2D eigenvalue weighted by Gasteiger charge is -1.99. The Morgan fingerprint density at radius 3 is 3.10 bits per heavy atom. The first-order chi connectivity index (χ1) is 9.78. The van der Waals surface area contributed by atoms with Crippen LogP contribution in [-0.4, -0.2) is 22.5 Å². The molecule has 0 aliphatic carbocycles. The number of imidazole rings is 1. The maximum absolute atomic E-state index is 11.1. The standard InChI is InChI=1S/C14H14N2O2S2/c1-18-13(17)4-2-3-11-9-20-14-15-12(7-16(11)14)10-5-6-19-8-10/h5-9H,2-4H2,1H3. The van der Waals surface area contributed by atoms with E-state index in [0.29, 0.717) is 6.42 Å². The molecule has 0 aliphatic heterocycles. The van der Waals surface area contributed by atoms with E-state index in [0.717, 1.165) is 29.1 Å². The van der Waals surface area contributed by atoms with Crippen LogP contribution in [0.3, 0.4) is 0 Å². The highest BCUT2D eigenvalue weighted by atomic mass is 32.1. The molecule has 4 nitrogen and oxygen atoms in total. The molecule has 0 N–H and O–H groups in total. The zero-order valence-electron chi connectivity index (χ0n) is 11.0. The molecule has 0 bridgehead atoms. The molecule has 0 aliphatic rings. The predicted octanol–water partition coefficient (Wildman–Crippen LogP) is 3.62. The number of aryl methyl sites for hydroxylation is 1. The summed E-state index contributed by atoms with van der Waals surface area (Å²) in [5.74, 6) is -0.152. The molecule has 0 radical (unpaired) electrons. The Bertz CT molecular complexity index is 713. The molecule has 3 heterocycles. The molecule has 3 rings (SSSR count). The topological polar surface area (TPSA) is 43.6 Å². The summed E-state index contributed by atoms with van der Waals surface area (Å²) in [6.07, 6.45) is 4.18. The highest BCUT2D eigenvalue weighted by Gasteiger charge is 2.10. The van der Waals surface area contributed by atoms with Gasteiger partial charge in [-0.25, -0.2) is 4.98 Å². The molecule has 20 heavy (non-hydrogen) atoms. The fourth-order valence-electron chi connectivity index (χ4n) is 2.07. The number of thiophene rings is 1. The van der Waals surface area contributed by atoms with E-state index in [2.05, 4.69) is 42.5 Å². The molecule has 0 fully saturated rings. The number of hydrogen-bond donors (Lipinski definition) is 0. The van der Waals surface area contributed by atoms with Gasteiger partial charge in [-0.3, -0.25) is 9.20 Å². The maximum atomic E-state index is 11.1. The predicted molar refractivity (Wildman–Crippen MR) is 81.3 cm³/mol. The van der Waals surface area contributed by atoms with Crippen LogP contribution in [0.2, 0.25) is 0 Å². The molecule has 0 unspecified atom stereocenters. The van der Waals surface area contributed by atoms with Crippen molar-refractivity contribution in [3.8, 4) is 11.3 Å². The first-order valence-corrected chi connectivity index (χ1v) is 8.15. The van der Waals surface area contributed by atoms with Crippen LogP contribution in [0, 0.1) is 0 Å². The van der Waals surface area contributed by atoms with Crippen LogP contribution in [0.1, 0.15) is 18.5 Å². The average molecular weight is 306 g/mol. The van der Waals surface area contributed by atoms with Crippen molar-refractivity contribution < 1.29 is 9.53 Å². The van der Waals surface area contributed by atoms with Gasteiger partial charge in [0.2, 0.25) is 0 Å². The second-order valence-electron chi connectivity index (χ2n) is 4.45. The van der Waals surface area contributed by atoms with Crippen molar-refractivity contribution in [1.29, 1.82) is 0 Å². The minimum atomic E-state index is -0.152. The van der Waals surface area contributed by atoms with Crippen LogP contribution < -0.4 is 0 Å². The molecule has 0 atom stereocenters. The van der Waals surface area contributed by atoms with Gasteiger partial charge in [0.1, 0.15) is 0 Å². The van der Waals surface area contributed by atoms with Gasteiger partial charge in [-0.05, 0) is 24.3 Å². The van der Waals surface area contributed by atoms with Gasteiger partial charge >= 0.3 is 5.97 Å². The van der Waals surface area contributed by atoms with Crippen molar-refractivity contribution in [2.45, 2.75) is 19.3 Å². The van der Waals surface area contributed by atoms with E-state index in [1.807, 2.05) is 0 Å². The Kier molecular flexibility index (Phi) is 3.84. The molecule has 0 spiro atoms. The fraction of sp³-hybridized carbons (Fsp3) is 0.286. The van der Waals surface area contributed by atoms with Crippen LogP contribution in [0.4, 0.5) is 0 Å². The third kappa shape index (κ3) is 2.62. The van der Waals surface area contributed by atoms with Gasteiger partial charge in [0, 0.05) is 34.6 Å². The zero-order valence-corrected chi connectivity index (χ0v) is 12.7. The van der Waals surface area contributed by atoms with Gasteiger partial charge in [-0.2, -0.15) is 11.3 Å². The number of ether oxygens (including phenoxy) is 1. The molecule has 6 heteroatoms. The number of methoxy groups -OCH3 is 1. The van der Waals surface area contributed by atoms with Gasteiger partial charge in [0.15, 0.2) is 4.96 Å². The van der Waals surface area contributed by atoms with E-state index in [1.54, 1.807) is 22.7 Å². The quantitative estimate of drug-likeness (QED) is 0.676. The van der Waals surface area contributed by atoms with Crippen molar-refractivity contribution in [1.82, 2.24) is 9.38 Å². The van der Waals surface area contributed by atoms with Crippen LogP contribution in [0.25, 0.3) is 16.2 Å². The summed E-state index contributed by atoms with van der Waals surface area (Å²) < 4.78 is 6.78. The average Bonchev–Trinajstić information content (AvgIpc) is 3.15. The van der Waals surface area contributed by atoms with Crippen molar-refractivity contribution >= 4 is 33.6 Å². The minimum Gasteiger partial charge on any atom is -0.469 e. The van der Waals surface area contributed by atoms with E-state index in [-0.39, 0.29) is 5.97 Å². The smallest absolute Gasteiger partial charge is 0.305 e. The molecule has 3 aromatic rings. The molecule has 0 saturated carbocycles. The summed E-state index contributed by atoms with van der Waals surface area (Å²) in [4.78, 5) is 16.8. The lowest BCUT2D eigenvalue weighted by Crippen LogP contribution is -2.01. The first kappa shape index (κ1) is 13.3. The molecule has 0 saturated heterocycles. The number of fused-ring (bicyclic) bond motifs is 1. The van der Waals surface area contributed by atoms with Gasteiger partial charge in [-0.15, -0.1) is 11.3 Å². The third-order valence-corrected chi connectivity index (χ3v) is 4.71. The van der Waals surface area contributed by atoms with Crippen LogP contribution in [-0.2, 0) is 16.0 Å². The minimum absolute atomic E-state index is 0.152. The number of carbonyl (C=O) groups excluding carboxylic acids is 1. The number of thiazole rings is 1. The number of nitrogens with zero attached hydrogens (tertiary/aromatic N) is 2. The van der Waals surface area contributed by atoms with Gasteiger partial charge in [0.25, 0.3) is 0 Å². The van der Waals surface area contributed by atoms with Crippen molar-refractivity contribution in [3.63, 3.8) is 0 Å². The first-order valence-electron chi connectivity index (χ1n) is 6.33. The monoisotopic (exact) mass is 306 g/mol. The molecule has 0 amide bonds. The number of carbonyl (C=O) groups is 1. The molecular weight excluding hydrogens is 292 g/mol. The van der Waals surface area contributed by atoms with Crippen LogP contribution in [0.15, 0.2) is 28.4 Å². The third-order valence-electron chi connectivity index (χ3n) is 3.14. The van der Waals surface area contributed by atoms with Gasteiger partial charge in [-0.1, -0.05) is 0 Å². The summed E-state index contributed by atoms with van der Waals surface area (Å²) in [6, 6.07) is 2.08. The number of hydrogen-bond acceptors (Lipinski definition) is 5. The fourth-order valence-corrected chi connectivity index (χ4v) is 3.63. The highest BCUT2D eigenvalue weighted by Crippen LogP contribution is 2.25. The Labute approximate surface area is 124 Å². The SMILES string of the molecule is COC(=O)CCCc1csc2nc(-c3ccsc3)cn12. The van der Waals surface area contributed by atoms with E-state index < -0.39 is 0 Å². The van der Waals surface area contributed by atoms with E-state index in [1.165, 1.54) is 12.8 Å². The van der Waals surface area contributed by atoms with Gasteiger partial charge in [0.05, 0.1) is 12.8 Å². The van der Waals surface area contributed by atoms with Crippen LogP contribution >= 0.6 is 22.7 Å². The molecule has 0 aromatic carbocycles. The summed E-state index contributed by atoms with van der Waals surface area (Å²) in [5.41, 5.74) is 3.36. The Morgan fingerprint density at radius 2 is 2.35 bits per heavy atom. The lowest BCUT2D eigenvalue weighted by molar-refractivity contribution is -0.140. The van der Waals surface area contributed by atoms with Gasteiger partial charge < -0.3 is 4.74 Å². The Hall–Kier alpha value is -1.66. The largest absolute Gasteiger partial charge is 0.469 e. The molecular formula is C14H14N2O2S2. The van der Waals surface area contributed by atoms with E-state index in [4.69, 9.17) is 0 Å².